The lowest BCUT2D eigenvalue weighted by Gasteiger charge is -2.20. The van der Waals surface area contributed by atoms with E-state index in [2.05, 4.69) is 10.9 Å². The molecular weight excluding hydrogens is 304 g/mol. The van der Waals surface area contributed by atoms with Crippen LogP contribution in [0.2, 0.25) is 0 Å². The number of para-hydroxylation sites is 1. The second-order valence-electron chi connectivity index (χ2n) is 7.19. The Morgan fingerprint density at radius 1 is 1.17 bits per heavy atom. The number of rotatable bonds is 3. The number of carbonyl (C=O) groups excluding carboxylic acids is 2. The monoisotopic (exact) mass is 326 g/mol. The molecule has 24 heavy (non-hydrogen) atoms. The number of nitrogens with one attached hydrogen (secondary N) is 2. The first-order valence-corrected chi connectivity index (χ1v) is 8.69. The molecule has 2 aromatic rings. The SMILES string of the molecule is Cc1c(C(=O)NNC(=O)CC2CC3CCC2C3)oc2ccccc12. The minimum Gasteiger partial charge on any atom is -0.451 e. The fraction of sp³-hybridized carbons (Fsp3) is 0.474. The molecule has 0 spiro atoms. The topological polar surface area (TPSA) is 71.3 Å². The van der Waals surface area contributed by atoms with Gasteiger partial charge in [0, 0.05) is 17.4 Å². The first-order valence-electron chi connectivity index (χ1n) is 8.69. The van der Waals surface area contributed by atoms with Gasteiger partial charge >= 0.3 is 5.91 Å². The zero-order chi connectivity index (χ0) is 16.7. The number of furan rings is 1. The molecule has 0 radical (unpaired) electrons. The number of benzene rings is 1. The fourth-order valence-corrected chi connectivity index (χ4v) is 4.49. The maximum atomic E-state index is 12.3. The van der Waals surface area contributed by atoms with Gasteiger partial charge in [-0.1, -0.05) is 24.6 Å². The number of aryl methyl sites for hydroxylation is 1. The van der Waals surface area contributed by atoms with Gasteiger partial charge in [0.1, 0.15) is 5.58 Å². The molecule has 0 saturated heterocycles. The van der Waals surface area contributed by atoms with Crippen molar-refractivity contribution in [2.75, 3.05) is 0 Å². The van der Waals surface area contributed by atoms with Crippen molar-refractivity contribution in [3.8, 4) is 0 Å². The lowest BCUT2D eigenvalue weighted by Crippen LogP contribution is -2.42. The minimum absolute atomic E-state index is 0.116. The number of amides is 2. The fourth-order valence-electron chi connectivity index (χ4n) is 4.49. The highest BCUT2D eigenvalue weighted by atomic mass is 16.3. The van der Waals surface area contributed by atoms with Crippen molar-refractivity contribution in [3.05, 3.63) is 35.6 Å². The number of hydrogen-bond donors (Lipinski definition) is 2. The molecule has 1 aromatic heterocycles. The van der Waals surface area contributed by atoms with E-state index in [1.165, 1.54) is 19.3 Å². The second kappa shape index (κ2) is 5.96. The third kappa shape index (κ3) is 2.68. The summed E-state index contributed by atoms with van der Waals surface area (Å²) < 4.78 is 5.60. The van der Waals surface area contributed by atoms with Crippen molar-refractivity contribution in [2.45, 2.75) is 39.0 Å². The molecule has 126 valence electrons. The van der Waals surface area contributed by atoms with E-state index >= 15 is 0 Å². The van der Waals surface area contributed by atoms with E-state index in [9.17, 15) is 9.59 Å². The van der Waals surface area contributed by atoms with E-state index in [1.54, 1.807) is 0 Å². The quantitative estimate of drug-likeness (QED) is 0.850. The molecule has 2 saturated carbocycles. The highest BCUT2D eigenvalue weighted by molar-refractivity contribution is 5.99. The van der Waals surface area contributed by atoms with Crippen LogP contribution in [0.1, 0.15) is 48.2 Å². The summed E-state index contributed by atoms with van der Waals surface area (Å²) in [6.45, 7) is 1.85. The third-order valence-electron chi connectivity index (χ3n) is 5.70. The zero-order valence-corrected chi connectivity index (χ0v) is 13.8. The van der Waals surface area contributed by atoms with Crippen molar-refractivity contribution in [3.63, 3.8) is 0 Å². The van der Waals surface area contributed by atoms with Gasteiger partial charge in [0.25, 0.3) is 0 Å². The van der Waals surface area contributed by atoms with Crippen molar-refractivity contribution in [2.24, 2.45) is 17.8 Å². The Morgan fingerprint density at radius 2 is 2.00 bits per heavy atom. The molecule has 2 fully saturated rings. The third-order valence-corrected chi connectivity index (χ3v) is 5.70. The normalized spacial score (nSPS) is 25.1. The molecule has 2 bridgehead atoms. The van der Waals surface area contributed by atoms with E-state index < -0.39 is 5.91 Å². The van der Waals surface area contributed by atoms with Crippen LogP contribution in [0.4, 0.5) is 0 Å². The molecule has 4 rings (SSSR count). The maximum Gasteiger partial charge on any atom is 0.305 e. The average molecular weight is 326 g/mol. The molecule has 1 heterocycles. The Labute approximate surface area is 140 Å². The van der Waals surface area contributed by atoms with E-state index in [0.29, 0.717) is 23.8 Å². The first-order chi connectivity index (χ1) is 11.6. The molecule has 5 heteroatoms. The van der Waals surface area contributed by atoms with Gasteiger partial charge in [0.05, 0.1) is 0 Å². The number of fused-ring (bicyclic) bond motifs is 3. The Kier molecular flexibility index (Phi) is 3.79. The lowest BCUT2D eigenvalue weighted by molar-refractivity contribution is -0.123. The molecule has 1 aromatic carbocycles. The number of hydrogen-bond acceptors (Lipinski definition) is 3. The Hall–Kier alpha value is -2.30. The molecule has 2 N–H and O–H groups in total. The summed E-state index contributed by atoms with van der Waals surface area (Å²) in [5.74, 6) is 1.72. The molecule has 2 aliphatic carbocycles. The molecule has 0 aliphatic heterocycles. The Balaban J connectivity index is 1.35. The van der Waals surface area contributed by atoms with Crippen LogP contribution < -0.4 is 10.9 Å². The second-order valence-corrected chi connectivity index (χ2v) is 7.19. The van der Waals surface area contributed by atoms with E-state index in [0.717, 1.165) is 23.3 Å². The smallest absolute Gasteiger partial charge is 0.305 e. The summed E-state index contributed by atoms with van der Waals surface area (Å²) in [6, 6.07) is 7.51. The predicted octanol–water partition coefficient (Wildman–Crippen LogP) is 3.33. The maximum absolute atomic E-state index is 12.3. The van der Waals surface area contributed by atoms with Gasteiger partial charge in [-0.25, -0.2) is 0 Å². The van der Waals surface area contributed by atoms with E-state index in [4.69, 9.17) is 4.42 Å². The van der Waals surface area contributed by atoms with Crippen LogP contribution in [0.3, 0.4) is 0 Å². The van der Waals surface area contributed by atoms with Gasteiger partial charge in [0.15, 0.2) is 5.76 Å². The van der Waals surface area contributed by atoms with Crippen LogP contribution in [0.5, 0.6) is 0 Å². The summed E-state index contributed by atoms with van der Waals surface area (Å²) in [5.41, 5.74) is 6.48. The van der Waals surface area contributed by atoms with Crippen LogP contribution in [0, 0.1) is 24.7 Å². The van der Waals surface area contributed by atoms with E-state index in [1.807, 2.05) is 31.2 Å². The highest BCUT2D eigenvalue weighted by Crippen LogP contribution is 2.49. The zero-order valence-electron chi connectivity index (χ0n) is 13.8. The van der Waals surface area contributed by atoms with Gasteiger partial charge in [0.2, 0.25) is 5.91 Å². The first kappa shape index (κ1) is 15.2. The van der Waals surface area contributed by atoms with Crippen LogP contribution >= 0.6 is 0 Å². The summed E-state index contributed by atoms with van der Waals surface area (Å²) in [7, 11) is 0. The number of hydrazine groups is 1. The van der Waals surface area contributed by atoms with Crippen molar-refractivity contribution in [1.82, 2.24) is 10.9 Å². The molecular formula is C19H22N2O3. The summed E-state index contributed by atoms with van der Waals surface area (Å²) in [6.07, 6.45) is 5.52. The summed E-state index contributed by atoms with van der Waals surface area (Å²) in [4.78, 5) is 24.4. The largest absolute Gasteiger partial charge is 0.451 e. The summed E-state index contributed by atoms with van der Waals surface area (Å²) >= 11 is 0. The van der Waals surface area contributed by atoms with Crippen LogP contribution in [0.15, 0.2) is 28.7 Å². The Morgan fingerprint density at radius 3 is 2.71 bits per heavy atom. The van der Waals surface area contributed by atoms with Crippen molar-refractivity contribution < 1.29 is 14.0 Å². The van der Waals surface area contributed by atoms with Crippen molar-refractivity contribution in [1.29, 1.82) is 0 Å². The molecule has 3 atom stereocenters. The molecule has 3 unspecified atom stereocenters. The van der Waals surface area contributed by atoms with Gasteiger partial charge in [-0.2, -0.15) is 0 Å². The van der Waals surface area contributed by atoms with Gasteiger partial charge in [-0.3, -0.25) is 20.4 Å². The van der Waals surface area contributed by atoms with Crippen LogP contribution in [-0.4, -0.2) is 11.8 Å². The van der Waals surface area contributed by atoms with Gasteiger partial charge in [-0.15, -0.1) is 0 Å². The van der Waals surface area contributed by atoms with Crippen molar-refractivity contribution >= 4 is 22.8 Å². The van der Waals surface area contributed by atoms with Gasteiger partial charge < -0.3 is 4.42 Å². The standard InChI is InChI=1S/C19H22N2O3/c1-11-15-4-2-3-5-16(15)24-18(11)19(23)21-20-17(22)10-14-9-12-6-7-13(14)8-12/h2-5,12-14H,6-10H2,1H3,(H,20,22)(H,21,23). The van der Waals surface area contributed by atoms with Crippen LogP contribution in [0.25, 0.3) is 11.0 Å². The van der Waals surface area contributed by atoms with Gasteiger partial charge in [-0.05, 0) is 50.0 Å². The predicted molar refractivity (Wildman–Crippen MR) is 90.1 cm³/mol. The molecule has 5 nitrogen and oxygen atoms in total. The summed E-state index contributed by atoms with van der Waals surface area (Å²) in [5, 5.41) is 0.913. The van der Waals surface area contributed by atoms with Crippen LogP contribution in [-0.2, 0) is 4.79 Å². The van der Waals surface area contributed by atoms with E-state index in [-0.39, 0.29) is 11.7 Å². The molecule has 2 amide bonds. The number of carbonyl (C=O) groups is 2. The Bertz CT molecular complexity index is 795. The molecule has 2 aliphatic rings. The average Bonchev–Trinajstić information content (AvgIpc) is 3.28. The minimum atomic E-state index is -0.412. The lowest BCUT2D eigenvalue weighted by atomic mass is 9.86. The highest BCUT2D eigenvalue weighted by Gasteiger charge is 2.40.